The fraction of sp³-hybridized carbons (Fsp3) is 0.395. The highest BCUT2D eigenvalue weighted by Gasteiger charge is 2.38. The summed E-state index contributed by atoms with van der Waals surface area (Å²) in [5, 5.41) is 7.67. The van der Waals surface area contributed by atoms with Crippen LogP contribution in [0.15, 0.2) is 71.5 Å². The number of aromatic nitrogens is 2. The molecule has 2 heterocycles. The first-order chi connectivity index (χ1) is 25.0. The van der Waals surface area contributed by atoms with Crippen molar-refractivity contribution in [2.24, 2.45) is 0 Å². The molecule has 4 aromatic rings. The summed E-state index contributed by atoms with van der Waals surface area (Å²) >= 11 is 0. The summed E-state index contributed by atoms with van der Waals surface area (Å²) in [5.74, 6) is 0.284. The lowest BCUT2D eigenvalue weighted by atomic mass is 10.0. The van der Waals surface area contributed by atoms with Crippen LogP contribution in [0.1, 0.15) is 56.3 Å². The highest BCUT2D eigenvalue weighted by molar-refractivity contribution is 6.03. The molecule has 1 saturated heterocycles. The Morgan fingerprint density at radius 3 is 2.21 bits per heavy atom. The molecule has 1 aliphatic rings. The Labute approximate surface area is 310 Å². The standard InChI is InChI=1S/C38H46FN7O7.2H2/c1-24(45(30-18-17-27(51-7)23-31(30)52-8)35(49)40-26-15-13-25(39)14-16-26)32-41-29-12-10-9-11-28(29)33(47)46(32)44-21-19-43(20-22-44)34(48)38(5,6)42-36(50)53-37(2,3)4;;/h9-18,23-24H,19-22H2,1-8H3,(H,40,49)(H,42,50);2*1H. The number of alkyl carbamates (subject to hydrolysis) is 1. The minimum atomic E-state index is -1.26. The fourth-order valence-corrected chi connectivity index (χ4v) is 6.10. The monoisotopic (exact) mass is 735 g/mol. The second-order valence-electron chi connectivity index (χ2n) is 14.1. The van der Waals surface area contributed by atoms with E-state index >= 15 is 0 Å². The third-order valence-corrected chi connectivity index (χ3v) is 8.67. The molecule has 14 nitrogen and oxygen atoms in total. The molecule has 53 heavy (non-hydrogen) atoms. The van der Waals surface area contributed by atoms with Gasteiger partial charge in [0.2, 0.25) is 5.91 Å². The van der Waals surface area contributed by atoms with E-state index in [0.717, 1.165) is 0 Å². The Bertz CT molecular complexity index is 2050. The quantitative estimate of drug-likeness (QED) is 0.214. The number of carbonyl (C=O) groups excluding carboxylic acids is 3. The van der Waals surface area contributed by atoms with Crippen LogP contribution in [0.25, 0.3) is 10.9 Å². The van der Waals surface area contributed by atoms with Crippen LogP contribution < -0.4 is 35.6 Å². The molecule has 0 saturated carbocycles. The van der Waals surface area contributed by atoms with Crippen molar-refractivity contribution in [2.75, 3.05) is 55.6 Å². The number of urea groups is 1. The number of amides is 4. The number of nitrogens with zero attached hydrogens (tertiary/aromatic N) is 5. The van der Waals surface area contributed by atoms with Gasteiger partial charge in [0.25, 0.3) is 5.56 Å². The maximum absolute atomic E-state index is 14.4. The summed E-state index contributed by atoms with van der Waals surface area (Å²) in [6.45, 7) is 11.1. The van der Waals surface area contributed by atoms with E-state index < -0.39 is 35.1 Å². The van der Waals surface area contributed by atoms with Gasteiger partial charge in [-0.05, 0) is 90.1 Å². The van der Waals surface area contributed by atoms with Gasteiger partial charge in [-0.15, -0.1) is 0 Å². The summed E-state index contributed by atoms with van der Waals surface area (Å²) in [7, 11) is 2.98. The van der Waals surface area contributed by atoms with Gasteiger partial charge < -0.3 is 34.8 Å². The molecule has 1 unspecified atom stereocenters. The molecule has 0 aliphatic carbocycles. The van der Waals surface area contributed by atoms with Crippen LogP contribution in [-0.4, -0.2) is 84.1 Å². The third-order valence-electron chi connectivity index (χ3n) is 8.67. The predicted molar refractivity (Wildman–Crippen MR) is 204 cm³/mol. The van der Waals surface area contributed by atoms with E-state index in [1.54, 1.807) is 93.9 Å². The molecule has 286 valence electrons. The lowest BCUT2D eigenvalue weighted by Crippen LogP contribution is -2.62. The van der Waals surface area contributed by atoms with Crippen LogP contribution in [0.4, 0.5) is 25.4 Å². The number of para-hydroxylation sites is 1. The fourth-order valence-electron chi connectivity index (χ4n) is 6.10. The summed E-state index contributed by atoms with van der Waals surface area (Å²) in [6, 6.07) is 15.8. The molecule has 4 amide bonds. The van der Waals surface area contributed by atoms with Gasteiger partial charge in [-0.3, -0.25) is 14.5 Å². The van der Waals surface area contributed by atoms with E-state index in [1.807, 2.05) is 0 Å². The molecule has 0 radical (unpaired) electrons. The number of rotatable bonds is 9. The highest BCUT2D eigenvalue weighted by atomic mass is 19.1. The van der Waals surface area contributed by atoms with E-state index in [-0.39, 0.29) is 46.3 Å². The molecular formula is C38H50FN7O7. The molecule has 0 spiro atoms. The molecule has 0 bridgehead atoms. The maximum atomic E-state index is 14.4. The summed E-state index contributed by atoms with van der Waals surface area (Å²) in [5.41, 5.74) is -1.23. The van der Waals surface area contributed by atoms with Crippen molar-refractivity contribution < 1.29 is 35.8 Å². The number of fused-ring (bicyclic) bond motifs is 1. The van der Waals surface area contributed by atoms with Crippen molar-refractivity contribution in [3.8, 4) is 11.5 Å². The highest BCUT2D eigenvalue weighted by Crippen LogP contribution is 2.37. The smallest absolute Gasteiger partial charge is 0.408 e. The number of ether oxygens (including phenoxy) is 3. The Hall–Kier alpha value is -5.86. The first-order valence-electron chi connectivity index (χ1n) is 17.2. The zero-order valence-electron chi connectivity index (χ0n) is 31.2. The van der Waals surface area contributed by atoms with Gasteiger partial charge in [-0.25, -0.2) is 23.6 Å². The van der Waals surface area contributed by atoms with Gasteiger partial charge in [0.15, 0.2) is 5.82 Å². The molecule has 1 atom stereocenters. The van der Waals surface area contributed by atoms with Gasteiger partial charge >= 0.3 is 12.1 Å². The summed E-state index contributed by atoms with van der Waals surface area (Å²) in [6.07, 6.45) is -0.705. The van der Waals surface area contributed by atoms with Crippen molar-refractivity contribution in [3.05, 3.63) is 88.7 Å². The SMILES string of the molecule is COc1ccc(N(C(=O)Nc2ccc(F)cc2)C(C)c2nc3ccccc3c(=O)n2N2CCN(C(=O)C(C)(C)NC(=O)OC(C)(C)C)CC2)c(OC)c1.[HH].[HH]. The van der Waals surface area contributed by atoms with Crippen LogP contribution >= 0.6 is 0 Å². The Morgan fingerprint density at radius 1 is 0.925 bits per heavy atom. The van der Waals surface area contributed by atoms with Gasteiger partial charge in [-0.2, -0.15) is 0 Å². The topological polar surface area (TPSA) is 148 Å². The normalized spacial score (nSPS) is 14.0. The minimum absolute atomic E-state index is 0. The number of carbonyl (C=O) groups is 3. The Balaban J connectivity index is 0.00000406. The van der Waals surface area contributed by atoms with E-state index in [0.29, 0.717) is 33.8 Å². The van der Waals surface area contributed by atoms with Crippen molar-refractivity contribution in [1.82, 2.24) is 19.9 Å². The molecule has 5 rings (SSSR count). The summed E-state index contributed by atoms with van der Waals surface area (Å²) < 4.78 is 31.7. The Kier molecular flexibility index (Phi) is 11.1. The number of benzene rings is 3. The van der Waals surface area contributed by atoms with Crippen molar-refractivity contribution in [2.45, 2.75) is 58.7 Å². The van der Waals surface area contributed by atoms with Gasteiger partial charge in [0.1, 0.15) is 28.5 Å². The summed E-state index contributed by atoms with van der Waals surface area (Å²) in [4.78, 5) is 62.8. The average Bonchev–Trinajstić information content (AvgIpc) is 3.11. The number of halogens is 1. The zero-order chi connectivity index (χ0) is 38.7. The maximum Gasteiger partial charge on any atom is 0.408 e. The van der Waals surface area contributed by atoms with E-state index in [9.17, 15) is 23.6 Å². The molecule has 1 aliphatic heterocycles. The van der Waals surface area contributed by atoms with Gasteiger partial charge in [0, 0.05) is 27.7 Å². The van der Waals surface area contributed by atoms with Crippen molar-refractivity contribution in [1.29, 1.82) is 0 Å². The molecular weight excluding hydrogens is 685 g/mol. The lowest BCUT2D eigenvalue weighted by Gasteiger charge is -2.41. The van der Waals surface area contributed by atoms with Crippen LogP contribution in [-0.2, 0) is 9.53 Å². The minimum Gasteiger partial charge on any atom is -0.497 e. The van der Waals surface area contributed by atoms with Crippen LogP contribution in [0.5, 0.6) is 11.5 Å². The Morgan fingerprint density at radius 2 is 1.58 bits per heavy atom. The molecule has 15 heteroatoms. The molecule has 1 aromatic heterocycles. The number of piperazine rings is 1. The third kappa shape index (κ3) is 8.62. The van der Waals surface area contributed by atoms with E-state index in [2.05, 4.69) is 10.6 Å². The molecule has 2 N–H and O–H groups in total. The lowest BCUT2D eigenvalue weighted by molar-refractivity contribution is -0.137. The molecule has 3 aromatic carbocycles. The second-order valence-corrected chi connectivity index (χ2v) is 14.1. The predicted octanol–water partition coefficient (Wildman–Crippen LogP) is 5.93. The van der Waals surface area contributed by atoms with Gasteiger partial charge in [0.05, 0.1) is 49.9 Å². The first-order valence-corrected chi connectivity index (χ1v) is 17.2. The van der Waals surface area contributed by atoms with Crippen LogP contribution in [0, 0.1) is 5.82 Å². The van der Waals surface area contributed by atoms with Crippen LogP contribution in [0.2, 0.25) is 0 Å². The van der Waals surface area contributed by atoms with E-state index in [1.165, 1.54) is 48.1 Å². The average molecular weight is 736 g/mol. The number of anilines is 2. The second kappa shape index (κ2) is 15.4. The number of hydrogen-bond acceptors (Lipinski definition) is 9. The number of methoxy groups -OCH3 is 2. The largest absolute Gasteiger partial charge is 0.497 e. The number of hydrogen-bond donors (Lipinski definition) is 2. The zero-order valence-corrected chi connectivity index (χ0v) is 31.2. The van der Waals surface area contributed by atoms with Crippen LogP contribution in [0.3, 0.4) is 0 Å². The van der Waals surface area contributed by atoms with Crippen molar-refractivity contribution in [3.63, 3.8) is 0 Å². The van der Waals surface area contributed by atoms with Crippen molar-refractivity contribution >= 4 is 40.3 Å². The molecule has 1 fully saturated rings. The van der Waals surface area contributed by atoms with E-state index in [4.69, 9.17) is 19.2 Å². The number of nitrogens with one attached hydrogen (secondary N) is 2. The van der Waals surface area contributed by atoms with Gasteiger partial charge in [-0.1, -0.05) is 12.1 Å². The first kappa shape index (κ1) is 38.4.